The van der Waals surface area contributed by atoms with Crippen molar-refractivity contribution in [2.24, 2.45) is 5.41 Å². The maximum Gasteiger partial charge on any atom is 0.228 e. The van der Waals surface area contributed by atoms with Crippen LogP contribution in [0.3, 0.4) is 0 Å². The van der Waals surface area contributed by atoms with Gasteiger partial charge in [0.25, 0.3) is 0 Å². The second-order valence-electron chi connectivity index (χ2n) is 7.56. The molecule has 0 aliphatic carbocycles. The van der Waals surface area contributed by atoms with Gasteiger partial charge in [-0.15, -0.1) is 11.3 Å². The van der Waals surface area contributed by atoms with Gasteiger partial charge in [-0.25, -0.2) is 4.98 Å². The van der Waals surface area contributed by atoms with E-state index in [0.717, 1.165) is 55.9 Å². The molecule has 4 nitrogen and oxygen atoms in total. The first kappa shape index (κ1) is 19.1. The largest absolute Gasteiger partial charge is 0.342 e. The zero-order chi connectivity index (χ0) is 17.7. The van der Waals surface area contributed by atoms with Crippen molar-refractivity contribution in [2.75, 3.05) is 13.1 Å². The number of aryl methyl sites for hydroxylation is 1. The van der Waals surface area contributed by atoms with E-state index in [1.54, 1.807) is 18.3 Å². The summed E-state index contributed by atoms with van der Waals surface area (Å²) in [5.41, 5.74) is 0.816. The molecule has 1 aromatic rings. The Kier molecular flexibility index (Phi) is 6.55. The first-order valence-electron chi connectivity index (χ1n) is 9.06. The van der Waals surface area contributed by atoms with Crippen molar-refractivity contribution < 1.29 is 9.59 Å². The molecule has 1 atom stereocenters. The lowest BCUT2D eigenvalue weighted by molar-refractivity contribution is -0.141. The number of rotatable bonds is 7. The van der Waals surface area contributed by atoms with Crippen LogP contribution in [0, 0.1) is 5.41 Å². The average Bonchev–Trinajstić information content (AvgIpc) is 3.03. The van der Waals surface area contributed by atoms with E-state index in [1.807, 2.05) is 18.7 Å². The van der Waals surface area contributed by atoms with E-state index in [1.165, 1.54) is 0 Å². The number of ketones is 1. The molecule has 1 fully saturated rings. The molecule has 1 saturated heterocycles. The van der Waals surface area contributed by atoms with Gasteiger partial charge in [0.1, 0.15) is 5.78 Å². The smallest absolute Gasteiger partial charge is 0.228 e. The maximum absolute atomic E-state index is 12.7. The van der Waals surface area contributed by atoms with E-state index in [9.17, 15) is 9.59 Å². The van der Waals surface area contributed by atoms with Crippen LogP contribution < -0.4 is 0 Å². The van der Waals surface area contributed by atoms with Crippen molar-refractivity contribution in [3.05, 3.63) is 16.1 Å². The molecule has 2 rings (SSSR count). The van der Waals surface area contributed by atoms with Gasteiger partial charge in [0, 0.05) is 36.2 Å². The molecule has 1 amide bonds. The van der Waals surface area contributed by atoms with Crippen LogP contribution >= 0.6 is 11.3 Å². The zero-order valence-corrected chi connectivity index (χ0v) is 16.2. The van der Waals surface area contributed by atoms with Crippen molar-refractivity contribution in [1.82, 2.24) is 9.88 Å². The lowest BCUT2D eigenvalue weighted by Gasteiger charge is -2.36. The number of likely N-dealkylation sites (tertiary alicyclic amines) is 1. The molecule has 0 radical (unpaired) electrons. The second kappa shape index (κ2) is 8.24. The third-order valence-electron chi connectivity index (χ3n) is 5.05. The van der Waals surface area contributed by atoms with Crippen LogP contribution in [0.1, 0.15) is 76.4 Å². The van der Waals surface area contributed by atoms with Gasteiger partial charge in [0.2, 0.25) is 5.91 Å². The molecule has 0 bridgehead atoms. The fraction of sp³-hybridized carbons (Fsp3) is 0.737. The predicted octanol–water partition coefficient (Wildman–Crippen LogP) is 4.20. The highest BCUT2D eigenvalue weighted by Crippen LogP contribution is 2.32. The number of hydrogen-bond acceptors (Lipinski definition) is 4. The molecule has 0 saturated carbocycles. The summed E-state index contributed by atoms with van der Waals surface area (Å²) in [7, 11) is 0. The number of piperidine rings is 1. The van der Waals surface area contributed by atoms with Gasteiger partial charge >= 0.3 is 0 Å². The van der Waals surface area contributed by atoms with Crippen molar-refractivity contribution in [3.63, 3.8) is 0 Å². The van der Waals surface area contributed by atoms with Crippen LogP contribution in [-0.2, 0) is 16.0 Å². The summed E-state index contributed by atoms with van der Waals surface area (Å²) in [6.45, 7) is 9.45. The molecule has 134 valence electrons. The summed E-state index contributed by atoms with van der Waals surface area (Å²) in [6, 6.07) is 0. The number of Topliss-reactive ketones (excluding diaryl/α,β-unsaturated/α-hetero) is 1. The SMILES string of the molecule is CCC(C)(C)C(=O)N1CCCC(c2nc(CCCC(C)=O)cs2)C1. The van der Waals surface area contributed by atoms with Crippen LogP contribution in [0.4, 0.5) is 0 Å². The summed E-state index contributed by atoms with van der Waals surface area (Å²) in [5, 5.41) is 3.27. The van der Waals surface area contributed by atoms with Gasteiger partial charge < -0.3 is 9.69 Å². The van der Waals surface area contributed by atoms with Gasteiger partial charge in [-0.05, 0) is 39.0 Å². The van der Waals surface area contributed by atoms with E-state index in [-0.39, 0.29) is 17.1 Å². The van der Waals surface area contributed by atoms with Crippen LogP contribution in [0.5, 0.6) is 0 Å². The fourth-order valence-electron chi connectivity index (χ4n) is 3.09. The number of carbonyl (C=O) groups excluding carboxylic acids is 2. The summed E-state index contributed by atoms with van der Waals surface area (Å²) in [6.07, 6.45) is 5.40. The number of aromatic nitrogens is 1. The minimum absolute atomic E-state index is 0.241. The Morgan fingerprint density at radius 3 is 2.83 bits per heavy atom. The molecule has 0 spiro atoms. The van der Waals surface area contributed by atoms with Gasteiger partial charge in [0.15, 0.2) is 0 Å². The van der Waals surface area contributed by atoms with Gasteiger partial charge in [-0.1, -0.05) is 20.8 Å². The lowest BCUT2D eigenvalue weighted by atomic mass is 9.87. The monoisotopic (exact) mass is 350 g/mol. The Bertz CT molecular complexity index is 580. The Morgan fingerprint density at radius 2 is 2.17 bits per heavy atom. The highest BCUT2D eigenvalue weighted by molar-refractivity contribution is 7.09. The first-order valence-corrected chi connectivity index (χ1v) is 9.94. The van der Waals surface area contributed by atoms with Crippen molar-refractivity contribution in [1.29, 1.82) is 0 Å². The Labute approximate surface area is 149 Å². The summed E-state index contributed by atoms with van der Waals surface area (Å²) < 4.78 is 0. The molecule has 1 aromatic heterocycles. The lowest BCUT2D eigenvalue weighted by Crippen LogP contribution is -2.45. The third-order valence-corrected chi connectivity index (χ3v) is 6.11. The molecular weight excluding hydrogens is 320 g/mol. The van der Waals surface area contributed by atoms with E-state index in [0.29, 0.717) is 12.3 Å². The number of thiazole rings is 1. The molecule has 0 aromatic carbocycles. The number of amides is 1. The number of hydrogen-bond donors (Lipinski definition) is 0. The van der Waals surface area contributed by atoms with Gasteiger partial charge in [-0.2, -0.15) is 0 Å². The van der Waals surface area contributed by atoms with Crippen molar-refractivity contribution in [3.8, 4) is 0 Å². The van der Waals surface area contributed by atoms with Crippen LogP contribution in [0.15, 0.2) is 5.38 Å². The molecule has 0 N–H and O–H groups in total. The molecule has 1 aliphatic rings. The Morgan fingerprint density at radius 1 is 1.42 bits per heavy atom. The normalized spacial score (nSPS) is 18.7. The highest BCUT2D eigenvalue weighted by Gasteiger charge is 2.34. The van der Waals surface area contributed by atoms with E-state index in [2.05, 4.69) is 12.3 Å². The van der Waals surface area contributed by atoms with Crippen molar-refractivity contribution >= 4 is 23.0 Å². The molecule has 1 unspecified atom stereocenters. The van der Waals surface area contributed by atoms with E-state index in [4.69, 9.17) is 4.98 Å². The van der Waals surface area contributed by atoms with Crippen LogP contribution in [0.25, 0.3) is 0 Å². The second-order valence-corrected chi connectivity index (χ2v) is 8.45. The molecule has 5 heteroatoms. The summed E-state index contributed by atoms with van der Waals surface area (Å²) in [5.74, 6) is 0.875. The summed E-state index contributed by atoms with van der Waals surface area (Å²) in [4.78, 5) is 30.6. The zero-order valence-electron chi connectivity index (χ0n) is 15.4. The highest BCUT2D eigenvalue weighted by atomic mass is 32.1. The van der Waals surface area contributed by atoms with Crippen LogP contribution in [0.2, 0.25) is 0 Å². The van der Waals surface area contributed by atoms with Crippen LogP contribution in [-0.4, -0.2) is 34.7 Å². The molecule has 2 heterocycles. The molecule has 1 aliphatic heterocycles. The standard InChI is InChI=1S/C19H30N2O2S/c1-5-19(3,4)18(23)21-11-7-9-15(12-21)17-20-16(13-24-17)10-6-8-14(2)22/h13,15H,5-12H2,1-4H3. The Hall–Kier alpha value is -1.23. The molecular formula is C19H30N2O2S. The van der Waals surface area contributed by atoms with Gasteiger partial charge in [0.05, 0.1) is 10.7 Å². The van der Waals surface area contributed by atoms with Gasteiger partial charge in [-0.3, -0.25) is 4.79 Å². The quantitative estimate of drug-likeness (QED) is 0.740. The third kappa shape index (κ3) is 4.88. The fourth-order valence-corrected chi connectivity index (χ4v) is 4.07. The topological polar surface area (TPSA) is 50.3 Å². The summed E-state index contributed by atoms with van der Waals surface area (Å²) >= 11 is 1.71. The van der Waals surface area contributed by atoms with E-state index >= 15 is 0 Å². The maximum atomic E-state index is 12.7. The number of carbonyl (C=O) groups is 2. The predicted molar refractivity (Wildman–Crippen MR) is 98.4 cm³/mol. The minimum Gasteiger partial charge on any atom is -0.342 e. The minimum atomic E-state index is -0.275. The molecule has 24 heavy (non-hydrogen) atoms. The Balaban J connectivity index is 1.96. The van der Waals surface area contributed by atoms with E-state index < -0.39 is 0 Å². The average molecular weight is 351 g/mol. The first-order chi connectivity index (χ1) is 11.3. The van der Waals surface area contributed by atoms with Crippen molar-refractivity contribution in [2.45, 2.75) is 72.1 Å². The number of nitrogens with zero attached hydrogens (tertiary/aromatic N) is 2.